The van der Waals surface area contributed by atoms with Gasteiger partial charge in [-0.1, -0.05) is 18.5 Å². The van der Waals surface area contributed by atoms with Gasteiger partial charge in [-0.25, -0.2) is 4.79 Å². The Labute approximate surface area is 132 Å². The van der Waals surface area contributed by atoms with Gasteiger partial charge in [-0.2, -0.15) is 5.26 Å². The number of hydrogen-bond donors (Lipinski definition) is 1. The van der Waals surface area contributed by atoms with Gasteiger partial charge in [-0.3, -0.25) is 0 Å². The van der Waals surface area contributed by atoms with Gasteiger partial charge in [0.1, 0.15) is 6.07 Å². The minimum atomic E-state index is -1.13. The number of carboxylic acids is 1. The molecule has 0 aliphatic carbocycles. The monoisotopic (exact) mass is 309 g/mol. The Balaban J connectivity index is 2.07. The first-order chi connectivity index (χ1) is 11.1. The SMILES string of the molecule is CCCCn1cc(C#N)c2cc(-c3cc(C(=O)O)no3)ccc21. The molecule has 0 radical (unpaired) electrons. The molecule has 0 atom stereocenters. The van der Waals surface area contributed by atoms with Gasteiger partial charge in [0.25, 0.3) is 0 Å². The van der Waals surface area contributed by atoms with E-state index in [1.165, 1.54) is 6.07 Å². The molecule has 1 N–H and O–H groups in total. The summed E-state index contributed by atoms with van der Waals surface area (Å²) < 4.78 is 7.16. The zero-order valence-corrected chi connectivity index (χ0v) is 12.6. The van der Waals surface area contributed by atoms with Crippen LogP contribution in [0.5, 0.6) is 0 Å². The summed E-state index contributed by atoms with van der Waals surface area (Å²) >= 11 is 0. The summed E-state index contributed by atoms with van der Waals surface area (Å²) in [7, 11) is 0. The highest BCUT2D eigenvalue weighted by molar-refractivity contribution is 5.91. The van der Waals surface area contributed by atoms with Gasteiger partial charge in [-0.15, -0.1) is 0 Å². The summed E-state index contributed by atoms with van der Waals surface area (Å²) in [5.74, 6) is -0.765. The van der Waals surface area contributed by atoms with Crippen LogP contribution in [0.3, 0.4) is 0 Å². The third-order valence-corrected chi connectivity index (χ3v) is 3.77. The fourth-order valence-electron chi connectivity index (χ4n) is 2.57. The largest absolute Gasteiger partial charge is 0.476 e. The van der Waals surface area contributed by atoms with Crippen LogP contribution >= 0.6 is 0 Å². The lowest BCUT2D eigenvalue weighted by molar-refractivity contribution is 0.0686. The van der Waals surface area contributed by atoms with Crippen LogP contribution < -0.4 is 0 Å². The number of unbranched alkanes of at least 4 members (excludes halogenated alkanes) is 1. The number of nitrogens with zero attached hydrogens (tertiary/aromatic N) is 3. The van der Waals surface area contributed by atoms with E-state index in [0.29, 0.717) is 16.9 Å². The predicted octanol–water partition coefficient (Wildman–Crippen LogP) is 3.67. The Kier molecular flexibility index (Phi) is 3.85. The first-order valence-corrected chi connectivity index (χ1v) is 7.37. The molecular weight excluding hydrogens is 294 g/mol. The summed E-state index contributed by atoms with van der Waals surface area (Å²) in [6.07, 6.45) is 3.98. The zero-order chi connectivity index (χ0) is 16.4. The lowest BCUT2D eigenvalue weighted by Gasteiger charge is -2.04. The number of carbonyl (C=O) groups is 1. The Morgan fingerprint density at radius 2 is 2.26 bits per heavy atom. The van der Waals surface area contributed by atoms with E-state index in [1.54, 1.807) is 0 Å². The first-order valence-electron chi connectivity index (χ1n) is 7.37. The van der Waals surface area contributed by atoms with Crippen molar-refractivity contribution < 1.29 is 14.4 Å². The molecule has 0 unspecified atom stereocenters. The summed E-state index contributed by atoms with van der Waals surface area (Å²) in [5.41, 5.74) is 2.14. The van der Waals surface area contributed by atoms with Crippen LogP contribution in [0.15, 0.2) is 35.0 Å². The summed E-state index contributed by atoms with van der Waals surface area (Å²) in [5, 5.41) is 22.6. The van der Waals surface area contributed by atoms with Gasteiger partial charge < -0.3 is 14.2 Å². The molecule has 0 spiro atoms. The molecule has 0 saturated carbocycles. The molecule has 2 heterocycles. The molecule has 1 aromatic carbocycles. The van der Waals surface area contributed by atoms with Crippen LogP contribution in [0.2, 0.25) is 0 Å². The highest BCUT2D eigenvalue weighted by Crippen LogP contribution is 2.28. The van der Waals surface area contributed by atoms with Gasteiger partial charge in [0.2, 0.25) is 0 Å². The molecule has 0 fully saturated rings. The molecule has 3 rings (SSSR count). The second-order valence-corrected chi connectivity index (χ2v) is 5.32. The van der Waals surface area contributed by atoms with Gasteiger partial charge in [0.05, 0.1) is 5.56 Å². The predicted molar refractivity (Wildman–Crippen MR) is 84.0 cm³/mol. The smallest absolute Gasteiger partial charge is 0.358 e. The molecule has 6 heteroatoms. The van der Waals surface area contributed by atoms with Crippen molar-refractivity contribution in [3.63, 3.8) is 0 Å². The molecule has 0 aliphatic rings. The van der Waals surface area contributed by atoms with Crippen molar-refractivity contribution in [3.05, 3.63) is 41.7 Å². The van der Waals surface area contributed by atoms with E-state index >= 15 is 0 Å². The second kappa shape index (κ2) is 5.97. The van der Waals surface area contributed by atoms with E-state index in [0.717, 1.165) is 30.3 Å². The highest BCUT2D eigenvalue weighted by atomic mass is 16.5. The molecular formula is C17H15N3O3. The summed E-state index contributed by atoms with van der Waals surface area (Å²) in [6.45, 7) is 2.98. The van der Waals surface area contributed by atoms with Crippen molar-refractivity contribution in [1.29, 1.82) is 5.26 Å². The van der Waals surface area contributed by atoms with E-state index in [-0.39, 0.29) is 5.69 Å². The van der Waals surface area contributed by atoms with E-state index < -0.39 is 5.97 Å². The molecule has 0 aliphatic heterocycles. The zero-order valence-electron chi connectivity index (χ0n) is 12.6. The van der Waals surface area contributed by atoms with Crippen molar-refractivity contribution in [1.82, 2.24) is 9.72 Å². The van der Waals surface area contributed by atoms with Crippen LogP contribution in [0.25, 0.3) is 22.2 Å². The molecule has 23 heavy (non-hydrogen) atoms. The quantitative estimate of drug-likeness (QED) is 0.776. The topological polar surface area (TPSA) is 92.0 Å². The van der Waals surface area contributed by atoms with Crippen molar-refractivity contribution in [2.75, 3.05) is 0 Å². The average molecular weight is 309 g/mol. The number of aromatic carboxylic acids is 1. The molecule has 116 valence electrons. The van der Waals surface area contributed by atoms with Crippen LogP contribution in [0.1, 0.15) is 35.8 Å². The Morgan fingerprint density at radius 1 is 1.43 bits per heavy atom. The third-order valence-electron chi connectivity index (χ3n) is 3.77. The highest BCUT2D eigenvalue weighted by Gasteiger charge is 2.14. The lowest BCUT2D eigenvalue weighted by Crippen LogP contribution is -1.95. The lowest BCUT2D eigenvalue weighted by atomic mass is 10.1. The normalized spacial score (nSPS) is 10.8. The number of fused-ring (bicyclic) bond motifs is 1. The minimum absolute atomic E-state index is 0.138. The van der Waals surface area contributed by atoms with E-state index in [2.05, 4.69) is 22.7 Å². The van der Waals surface area contributed by atoms with Crippen LogP contribution in [0.4, 0.5) is 0 Å². The number of hydrogen-bond acceptors (Lipinski definition) is 4. The van der Waals surface area contributed by atoms with Crippen molar-refractivity contribution in [3.8, 4) is 17.4 Å². The number of benzene rings is 1. The van der Waals surface area contributed by atoms with Gasteiger partial charge in [-0.05, 0) is 24.6 Å². The van der Waals surface area contributed by atoms with Crippen molar-refractivity contribution in [2.45, 2.75) is 26.3 Å². The van der Waals surface area contributed by atoms with Gasteiger partial charge in [0.15, 0.2) is 11.5 Å². The average Bonchev–Trinajstić information content (AvgIpc) is 3.17. The molecule has 3 aromatic rings. The van der Waals surface area contributed by atoms with E-state index in [4.69, 9.17) is 9.63 Å². The standard InChI is InChI=1S/C17H15N3O3/c1-2-3-6-20-10-12(9-18)13-7-11(4-5-15(13)20)16-8-14(17(21)22)19-23-16/h4-5,7-8,10H,2-3,6H2,1H3,(H,21,22). The fourth-order valence-corrected chi connectivity index (χ4v) is 2.57. The molecule has 0 amide bonds. The van der Waals surface area contributed by atoms with Crippen LogP contribution in [-0.4, -0.2) is 20.8 Å². The minimum Gasteiger partial charge on any atom is -0.476 e. The van der Waals surface area contributed by atoms with Crippen molar-refractivity contribution in [2.24, 2.45) is 0 Å². The Hall–Kier alpha value is -3.07. The summed E-state index contributed by atoms with van der Waals surface area (Å²) in [4.78, 5) is 10.9. The number of rotatable bonds is 5. The van der Waals surface area contributed by atoms with Gasteiger partial charge >= 0.3 is 5.97 Å². The Bertz CT molecular complexity index is 915. The van der Waals surface area contributed by atoms with Crippen molar-refractivity contribution >= 4 is 16.9 Å². The molecule has 2 aromatic heterocycles. The first kappa shape index (κ1) is 14.9. The molecule has 6 nitrogen and oxygen atoms in total. The third kappa shape index (κ3) is 2.69. The maximum atomic E-state index is 10.9. The fraction of sp³-hybridized carbons (Fsp3) is 0.235. The number of nitriles is 1. The molecule has 0 saturated heterocycles. The van der Waals surface area contributed by atoms with Gasteiger partial charge in [0, 0.05) is 35.3 Å². The maximum Gasteiger partial charge on any atom is 0.358 e. The van der Waals surface area contributed by atoms with E-state index in [1.807, 2.05) is 24.4 Å². The van der Waals surface area contributed by atoms with Crippen LogP contribution in [0, 0.1) is 11.3 Å². The molecule has 0 bridgehead atoms. The van der Waals surface area contributed by atoms with Crippen LogP contribution in [-0.2, 0) is 6.54 Å². The number of aryl methyl sites for hydroxylation is 1. The Morgan fingerprint density at radius 3 is 2.91 bits per heavy atom. The van der Waals surface area contributed by atoms with E-state index in [9.17, 15) is 10.1 Å². The number of carboxylic acid groups (broad SMARTS) is 1. The number of aromatic nitrogens is 2. The maximum absolute atomic E-state index is 10.9. The summed E-state index contributed by atoms with van der Waals surface area (Å²) in [6, 6.07) is 9.19. The second-order valence-electron chi connectivity index (χ2n) is 5.32.